The van der Waals surface area contributed by atoms with E-state index in [2.05, 4.69) is 36.5 Å². The molecule has 3 aromatic carbocycles. The number of aromatic nitrogens is 2. The van der Waals surface area contributed by atoms with Gasteiger partial charge in [-0.25, -0.2) is 14.4 Å². The molecular weight excluding hydrogens is 443 g/mol. The average Bonchev–Trinajstić information content (AvgIpc) is 2.69. The van der Waals surface area contributed by atoms with Crippen molar-refractivity contribution in [3.05, 3.63) is 87.6 Å². The zero-order valence-corrected chi connectivity index (χ0v) is 16.9. The Hall–Kier alpha value is -2.70. The molecule has 4 rings (SSSR count). The van der Waals surface area contributed by atoms with Crippen molar-refractivity contribution in [2.75, 3.05) is 10.6 Å². The van der Waals surface area contributed by atoms with E-state index < -0.39 is 0 Å². The molecule has 1 heterocycles. The number of benzene rings is 3. The molecule has 140 valence electrons. The van der Waals surface area contributed by atoms with Gasteiger partial charge >= 0.3 is 0 Å². The van der Waals surface area contributed by atoms with Gasteiger partial charge in [-0.15, -0.1) is 0 Å². The summed E-state index contributed by atoms with van der Waals surface area (Å²) in [6.07, 6.45) is 0. The molecule has 7 heteroatoms. The van der Waals surface area contributed by atoms with Crippen molar-refractivity contribution < 1.29 is 4.39 Å². The zero-order chi connectivity index (χ0) is 19.5. The summed E-state index contributed by atoms with van der Waals surface area (Å²) in [4.78, 5) is 9.28. The number of nitrogens with one attached hydrogen (secondary N) is 2. The minimum atomic E-state index is -0.381. The lowest BCUT2D eigenvalue weighted by atomic mass is 10.2. The van der Waals surface area contributed by atoms with Gasteiger partial charge in [-0.2, -0.15) is 0 Å². The van der Waals surface area contributed by atoms with Gasteiger partial charge in [-0.3, -0.25) is 0 Å². The molecule has 0 atom stereocenters. The van der Waals surface area contributed by atoms with E-state index in [1.165, 1.54) is 6.07 Å². The van der Waals surface area contributed by atoms with Crippen molar-refractivity contribution in [2.24, 2.45) is 0 Å². The summed E-state index contributed by atoms with van der Waals surface area (Å²) in [5.74, 6) is 0.609. The monoisotopic (exact) mass is 456 g/mol. The summed E-state index contributed by atoms with van der Waals surface area (Å²) in [5.41, 5.74) is 2.84. The van der Waals surface area contributed by atoms with Gasteiger partial charge < -0.3 is 10.6 Å². The Morgan fingerprint density at radius 3 is 2.25 bits per heavy atom. The number of fused-ring (bicyclic) bond motifs is 1. The van der Waals surface area contributed by atoms with Crippen molar-refractivity contribution in [3.8, 4) is 0 Å². The van der Waals surface area contributed by atoms with E-state index in [4.69, 9.17) is 11.6 Å². The quantitative estimate of drug-likeness (QED) is 0.357. The maximum atomic E-state index is 14.3. The van der Waals surface area contributed by atoms with Gasteiger partial charge in [0.05, 0.1) is 16.7 Å². The second kappa shape index (κ2) is 8.12. The fourth-order valence-electron chi connectivity index (χ4n) is 2.72. The predicted octanol–water partition coefficient (Wildman–Crippen LogP) is 6.54. The van der Waals surface area contributed by atoms with Crippen molar-refractivity contribution >= 4 is 55.9 Å². The molecule has 0 saturated carbocycles. The molecule has 0 aliphatic carbocycles. The first-order chi connectivity index (χ1) is 13.6. The van der Waals surface area contributed by atoms with Crippen LogP contribution >= 0.6 is 27.5 Å². The summed E-state index contributed by atoms with van der Waals surface area (Å²) >= 11 is 9.21. The minimum absolute atomic E-state index is 0.322. The molecule has 2 N–H and O–H groups in total. The zero-order valence-electron chi connectivity index (χ0n) is 14.6. The van der Waals surface area contributed by atoms with Crippen molar-refractivity contribution in [2.45, 2.75) is 6.54 Å². The molecule has 4 aromatic rings. The Morgan fingerprint density at radius 2 is 1.57 bits per heavy atom. The Labute approximate surface area is 174 Å². The Bertz CT molecular complexity index is 1140. The van der Waals surface area contributed by atoms with E-state index in [1.807, 2.05) is 48.5 Å². The topological polar surface area (TPSA) is 49.8 Å². The van der Waals surface area contributed by atoms with Crippen LogP contribution in [0, 0.1) is 5.82 Å². The van der Waals surface area contributed by atoms with Crippen molar-refractivity contribution in [1.29, 1.82) is 0 Å². The molecule has 0 aliphatic heterocycles. The van der Waals surface area contributed by atoms with Crippen molar-refractivity contribution in [1.82, 2.24) is 9.97 Å². The number of hydrogen-bond acceptors (Lipinski definition) is 4. The Kier molecular flexibility index (Phi) is 5.41. The number of hydrogen-bond donors (Lipinski definition) is 2. The largest absolute Gasteiger partial charge is 0.363 e. The number of halogens is 3. The highest BCUT2D eigenvalue weighted by Crippen LogP contribution is 2.28. The normalized spacial score (nSPS) is 10.8. The lowest BCUT2D eigenvalue weighted by Gasteiger charge is -2.14. The summed E-state index contributed by atoms with van der Waals surface area (Å²) < 4.78 is 15.0. The summed E-state index contributed by atoms with van der Waals surface area (Å²) in [6.45, 7) is 0.529. The van der Waals surface area contributed by atoms with E-state index in [0.29, 0.717) is 33.4 Å². The van der Waals surface area contributed by atoms with E-state index in [0.717, 1.165) is 16.6 Å². The lowest BCUT2D eigenvalue weighted by Crippen LogP contribution is -2.07. The van der Waals surface area contributed by atoms with Crippen LogP contribution in [0.25, 0.3) is 11.0 Å². The molecule has 0 aliphatic rings. The highest BCUT2D eigenvalue weighted by atomic mass is 79.9. The number of rotatable bonds is 5. The van der Waals surface area contributed by atoms with E-state index in [9.17, 15) is 4.39 Å². The second-order valence-electron chi connectivity index (χ2n) is 6.14. The van der Waals surface area contributed by atoms with Crippen LogP contribution in [0.15, 0.2) is 71.2 Å². The van der Waals surface area contributed by atoms with Gasteiger partial charge in [-0.1, -0.05) is 51.8 Å². The maximum absolute atomic E-state index is 14.3. The smallest absolute Gasteiger partial charge is 0.174 e. The molecule has 0 amide bonds. The van der Waals surface area contributed by atoms with Crippen LogP contribution in [-0.4, -0.2) is 9.97 Å². The van der Waals surface area contributed by atoms with Gasteiger partial charge in [0.1, 0.15) is 5.82 Å². The molecule has 4 nitrogen and oxygen atoms in total. The average molecular weight is 458 g/mol. The molecule has 0 radical (unpaired) electrons. The van der Waals surface area contributed by atoms with Gasteiger partial charge in [0.25, 0.3) is 0 Å². The van der Waals surface area contributed by atoms with Crippen LogP contribution in [0.4, 0.5) is 21.7 Å². The fourth-order valence-corrected chi connectivity index (χ4v) is 3.18. The van der Waals surface area contributed by atoms with Gasteiger partial charge in [0, 0.05) is 16.0 Å². The summed E-state index contributed by atoms with van der Waals surface area (Å²) in [7, 11) is 0. The first-order valence-corrected chi connectivity index (χ1v) is 9.73. The molecule has 0 bridgehead atoms. The summed E-state index contributed by atoms with van der Waals surface area (Å²) in [5, 5.41) is 7.02. The lowest BCUT2D eigenvalue weighted by molar-refractivity contribution is 0.631. The summed E-state index contributed by atoms with van der Waals surface area (Å²) in [6, 6.07) is 19.9. The van der Waals surface area contributed by atoms with Crippen LogP contribution in [0.5, 0.6) is 0 Å². The van der Waals surface area contributed by atoms with E-state index in [1.54, 1.807) is 12.1 Å². The van der Waals surface area contributed by atoms with Gasteiger partial charge in [0.15, 0.2) is 11.6 Å². The molecule has 1 aromatic heterocycles. The van der Waals surface area contributed by atoms with Crippen LogP contribution in [0.3, 0.4) is 0 Å². The first-order valence-electron chi connectivity index (χ1n) is 8.56. The standard InChI is InChI=1S/C21H15BrClFN4/c22-14-7-10-17(16(24)11-14)26-21-20(25-12-13-5-8-15(23)9-6-13)27-18-3-1-2-4-19(18)28-21/h1-11H,12H2,(H,25,27)(H,26,28). The van der Waals surface area contributed by atoms with Crippen LogP contribution in [0.1, 0.15) is 5.56 Å². The van der Waals surface area contributed by atoms with E-state index >= 15 is 0 Å². The van der Waals surface area contributed by atoms with Gasteiger partial charge in [-0.05, 0) is 48.0 Å². The van der Waals surface area contributed by atoms with Crippen LogP contribution in [0.2, 0.25) is 5.02 Å². The van der Waals surface area contributed by atoms with Crippen LogP contribution < -0.4 is 10.6 Å². The highest BCUT2D eigenvalue weighted by Gasteiger charge is 2.12. The molecule has 0 fully saturated rings. The minimum Gasteiger partial charge on any atom is -0.363 e. The third-order valence-corrected chi connectivity index (χ3v) is 4.87. The van der Waals surface area contributed by atoms with E-state index in [-0.39, 0.29) is 5.82 Å². The second-order valence-corrected chi connectivity index (χ2v) is 7.49. The highest BCUT2D eigenvalue weighted by molar-refractivity contribution is 9.10. The molecule has 0 spiro atoms. The van der Waals surface area contributed by atoms with Crippen LogP contribution in [-0.2, 0) is 6.54 Å². The molecule has 0 saturated heterocycles. The van der Waals surface area contributed by atoms with Gasteiger partial charge in [0.2, 0.25) is 0 Å². The van der Waals surface area contributed by atoms with Crippen molar-refractivity contribution in [3.63, 3.8) is 0 Å². The third-order valence-electron chi connectivity index (χ3n) is 4.13. The number of anilines is 3. The maximum Gasteiger partial charge on any atom is 0.174 e. The fraction of sp³-hybridized carbons (Fsp3) is 0.0476. The SMILES string of the molecule is Fc1cc(Br)ccc1Nc1nc2ccccc2nc1NCc1ccc(Cl)cc1. The number of para-hydroxylation sites is 2. The molecule has 0 unspecified atom stereocenters. The number of nitrogens with zero attached hydrogens (tertiary/aromatic N) is 2. The molecule has 28 heavy (non-hydrogen) atoms. The predicted molar refractivity (Wildman–Crippen MR) is 116 cm³/mol. The molecular formula is C21H15BrClFN4. The first kappa shape index (κ1) is 18.7. The Morgan fingerprint density at radius 1 is 0.893 bits per heavy atom. The Balaban J connectivity index is 1.68. The third kappa shape index (κ3) is 4.24.